The lowest BCUT2D eigenvalue weighted by Crippen LogP contribution is -2.48. The van der Waals surface area contributed by atoms with Crippen LogP contribution in [-0.4, -0.2) is 58.0 Å². The minimum absolute atomic E-state index is 0.0669. The summed E-state index contributed by atoms with van der Waals surface area (Å²) in [6.45, 7) is 8.51. The monoisotopic (exact) mass is 436 g/mol. The summed E-state index contributed by atoms with van der Waals surface area (Å²) in [6.07, 6.45) is 0. The predicted octanol–water partition coefficient (Wildman–Crippen LogP) is 2.07. The highest BCUT2D eigenvalue weighted by Gasteiger charge is 2.22. The van der Waals surface area contributed by atoms with E-state index in [-0.39, 0.29) is 5.91 Å². The third-order valence-corrected chi connectivity index (χ3v) is 5.84. The second kappa shape index (κ2) is 9.40. The normalized spacial score (nSPS) is 14.6. The third-order valence-electron chi connectivity index (χ3n) is 5.84. The van der Waals surface area contributed by atoms with E-state index >= 15 is 0 Å². The smallest absolute Gasteiger partial charge is 0.316 e. The van der Waals surface area contributed by atoms with Crippen LogP contribution < -0.4 is 15.9 Å². The number of ether oxygens (including phenoxy) is 1. The molecule has 32 heavy (non-hydrogen) atoms. The van der Waals surface area contributed by atoms with E-state index in [1.807, 2.05) is 30.9 Å². The molecule has 0 radical (unpaired) electrons. The van der Waals surface area contributed by atoms with Gasteiger partial charge in [0.1, 0.15) is 5.75 Å². The van der Waals surface area contributed by atoms with E-state index in [0.717, 1.165) is 25.4 Å². The van der Waals surface area contributed by atoms with Gasteiger partial charge in [0.15, 0.2) is 0 Å². The highest BCUT2D eigenvalue weighted by Crippen LogP contribution is 2.17. The number of hydrogen-bond donors (Lipinski definition) is 1. The zero-order valence-electron chi connectivity index (χ0n) is 18.5. The third kappa shape index (κ3) is 4.45. The van der Waals surface area contributed by atoms with Crippen LogP contribution >= 0.6 is 0 Å². The van der Waals surface area contributed by atoms with Gasteiger partial charge in [0.25, 0.3) is 5.91 Å². The molecule has 1 amide bonds. The molecule has 0 saturated carbocycles. The van der Waals surface area contributed by atoms with Gasteiger partial charge in [-0.3, -0.25) is 19.3 Å². The van der Waals surface area contributed by atoms with E-state index in [9.17, 15) is 14.4 Å². The molecule has 8 nitrogen and oxygen atoms in total. The van der Waals surface area contributed by atoms with E-state index in [2.05, 4.69) is 22.0 Å². The van der Waals surface area contributed by atoms with Gasteiger partial charge in [-0.25, -0.2) is 0 Å². The molecular formula is C24H28N4O4. The molecule has 0 bridgehead atoms. The second-order valence-electron chi connectivity index (χ2n) is 7.88. The van der Waals surface area contributed by atoms with Crippen molar-refractivity contribution in [2.75, 3.05) is 32.8 Å². The molecule has 1 fully saturated rings. The van der Waals surface area contributed by atoms with Crippen molar-refractivity contribution in [2.24, 2.45) is 0 Å². The summed E-state index contributed by atoms with van der Waals surface area (Å²) in [5.74, 6) is 0.807. The maximum absolute atomic E-state index is 13.0. The van der Waals surface area contributed by atoms with Crippen LogP contribution in [0.2, 0.25) is 0 Å². The number of H-pyrrole nitrogens is 1. The lowest BCUT2D eigenvalue weighted by Gasteiger charge is -2.34. The maximum Gasteiger partial charge on any atom is 0.316 e. The summed E-state index contributed by atoms with van der Waals surface area (Å²) in [5.41, 5.74) is 1.59. The molecule has 2 aromatic carbocycles. The fourth-order valence-electron chi connectivity index (χ4n) is 4.13. The highest BCUT2D eigenvalue weighted by atomic mass is 16.5. The van der Waals surface area contributed by atoms with Gasteiger partial charge in [-0.1, -0.05) is 12.1 Å². The Labute approximate surface area is 186 Å². The summed E-state index contributed by atoms with van der Waals surface area (Å²) >= 11 is 0. The molecule has 1 N–H and O–H groups in total. The van der Waals surface area contributed by atoms with E-state index in [1.54, 1.807) is 18.2 Å². The fraction of sp³-hybridized carbons (Fsp3) is 0.375. The molecule has 1 aromatic heterocycles. The highest BCUT2D eigenvalue weighted by molar-refractivity contribution is 5.97. The Balaban J connectivity index is 1.42. The number of carbonyl (C=O) groups is 1. The SMILES string of the molecule is CCOc1ccc(CN2CCN(C(=O)c3ccc4c(c3)[nH]c(=O)c(=O)n4CC)CC2)cc1. The van der Waals surface area contributed by atoms with Gasteiger partial charge in [0, 0.05) is 44.8 Å². The van der Waals surface area contributed by atoms with Crippen molar-refractivity contribution >= 4 is 16.9 Å². The summed E-state index contributed by atoms with van der Waals surface area (Å²) in [4.78, 5) is 43.8. The van der Waals surface area contributed by atoms with Gasteiger partial charge in [-0.05, 0) is 49.7 Å². The van der Waals surface area contributed by atoms with E-state index < -0.39 is 11.1 Å². The van der Waals surface area contributed by atoms with Crippen molar-refractivity contribution < 1.29 is 9.53 Å². The number of aromatic nitrogens is 2. The minimum Gasteiger partial charge on any atom is -0.494 e. The number of nitrogens with zero attached hydrogens (tertiary/aromatic N) is 3. The number of rotatable bonds is 6. The second-order valence-corrected chi connectivity index (χ2v) is 7.88. The predicted molar refractivity (Wildman–Crippen MR) is 123 cm³/mol. The Morgan fingerprint density at radius 3 is 2.38 bits per heavy atom. The van der Waals surface area contributed by atoms with Crippen LogP contribution in [0.5, 0.6) is 5.75 Å². The zero-order chi connectivity index (χ0) is 22.7. The van der Waals surface area contributed by atoms with Crippen molar-refractivity contribution in [3.05, 3.63) is 74.3 Å². The molecule has 1 aliphatic rings. The van der Waals surface area contributed by atoms with Gasteiger partial charge >= 0.3 is 11.1 Å². The van der Waals surface area contributed by atoms with Crippen molar-refractivity contribution in [2.45, 2.75) is 26.9 Å². The fourth-order valence-corrected chi connectivity index (χ4v) is 4.13. The number of fused-ring (bicyclic) bond motifs is 1. The number of piperazine rings is 1. The maximum atomic E-state index is 13.0. The Hall–Kier alpha value is -3.39. The average Bonchev–Trinajstić information content (AvgIpc) is 2.81. The number of aromatic amines is 1. The van der Waals surface area contributed by atoms with Crippen LogP contribution in [0.25, 0.3) is 11.0 Å². The van der Waals surface area contributed by atoms with Crippen LogP contribution in [-0.2, 0) is 13.1 Å². The van der Waals surface area contributed by atoms with Gasteiger partial charge in [-0.15, -0.1) is 0 Å². The largest absolute Gasteiger partial charge is 0.494 e. The van der Waals surface area contributed by atoms with E-state index in [1.165, 1.54) is 10.1 Å². The van der Waals surface area contributed by atoms with Crippen molar-refractivity contribution in [3.63, 3.8) is 0 Å². The average molecular weight is 437 g/mol. The van der Waals surface area contributed by atoms with Crippen LogP contribution in [0, 0.1) is 0 Å². The molecule has 4 rings (SSSR count). The molecule has 0 unspecified atom stereocenters. The lowest BCUT2D eigenvalue weighted by molar-refractivity contribution is 0.0628. The zero-order valence-corrected chi connectivity index (χ0v) is 18.5. The summed E-state index contributed by atoms with van der Waals surface area (Å²) < 4.78 is 6.91. The summed E-state index contributed by atoms with van der Waals surface area (Å²) in [5, 5.41) is 0. The van der Waals surface area contributed by atoms with Crippen LogP contribution in [0.15, 0.2) is 52.1 Å². The van der Waals surface area contributed by atoms with Gasteiger partial charge in [-0.2, -0.15) is 0 Å². The number of amides is 1. The van der Waals surface area contributed by atoms with E-state index in [4.69, 9.17) is 4.74 Å². The summed E-state index contributed by atoms with van der Waals surface area (Å²) in [7, 11) is 0. The lowest BCUT2D eigenvalue weighted by atomic mass is 10.1. The number of carbonyl (C=O) groups excluding carboxylic acids is 1. The number of benzene rings is 2. The first-order chi connectivity index (χ1) is 15.5. The van der Waals surface area contributed by atoms with Crippen LogP contribution in [0.1, 0.15) is 29.8 Å². The molecule has 1 aliphatic heterocycles. The first-order valence-electron chi connectivity index (χ1n) is 11.0. The number of hydrogen-bond acceptors (Lipinski definition) is 5. The topological polar surface area (TPSA) is 87.6 Å². The standard InChI is InChI=1S/C24H28N4O4/c1-3-28-21-10-7-18(15-20(21)25-22(29)24(28)31)23(30)27-13-11-26(12-14-27)16-17-5-8-19(9-6-17)32-4-2/h5-10,15H,3-4,11-14,16H2,1-2H3,(H,25,29). The van der Waals surface area contributed by atoms with Crippen LogP contribution in [0.3, 0.4) is 0 Å². The van der Waals surface area contributed by atoms with Crippen molar-refractivity contribution in [1.29, 1.82) is 0 Å². The van der Waals surface area contributed by atoms with Gasteiger partial charge in [0.2, 0.25) is 0 Å². The van der Waals surface area contributed by atoms with Crippen molar-refractivity contribution in [1.82, 2.24) is 19.4 Å². The summed E-state index contributed by atoms with van der Waals surface area (Å²) in [6, 6.07) is 13.2. The van der Waals surface area contributed by atoms with E-state index in [0.29, 0.717) is 42.8 Å². The minimum atomic E-state index is -0.674. The van der Waals surface area contributed by atoms with Crippen LogP contribution in [0.4, 0.5) is 0 Å². The van der Waals surface area contributed by atoms with Crippen molar-refractivity contribution in [3.8, 4) is 5.75 Å². The molecule has 3 aromatic rings. The molecule has 0 aliphatic carbocycles. The molecule has 1 saturated heterocycles. The molecule has 0 atom stereocenters. The number of aryl methyl sites for hydroxylation is 1. The molecule has 2 heterocycles. The van der Waals surface area contributed by atoms with Gasteiger partial charge in [0.05, 0.1) is 17.6 Å². The molecule has 0 spiro atoms. The first kappa shape index (κ1) is 21.8. The number of nitrogens with one attached hydrogen (secondary N) is 1. The molecule has 168 valence electrons. The Bertz CT molecular complexity index is 1220. The Morgan fingerprint density at radius 1 is 1.00 bits per heavy atom. The quantitative estimate of drug-likeness (QED) is 0.598. The Kier molecular flexibility index (Phi) is 6.41. The first-order valence-corrected chi connectivity index (χ1v) is 11.0. The molecule has 8 heteroatoms. The Morgan fingerprint density at radius 2 is 1.72 bits per heavy atom. The van der Waals surface area contributed by atoms with Gasteiger partial charge < -0.3 is 19.2 Å². The molecular weight excluding hydrogens is 408 g/mol.